The molecule has 0 spiro atoms. The molecule has 0 aliphatic rings. The molecule has 0 radical (unpaired) electrons. The second kappa shape index (κ2) is 5.82. The predicted molar refractivity (Wildman–Crippen MR) is 71.5 cm³/mol. The van der Waals surface area contributed by atoms with Crippen LogP contribution in [0.5, 0.6) is 0 Å². The van der Waals surface area contributed by atoms with Crippen molar-refractivity contribution in [3.8, 4) is 0 Å². The van der Waals surface area contributed by atoms with E-state index in [2.05, 4.69) is 54.0 Å². The normalized spacial score (nSPS) is 14.1. The SMILES string of the molecule is CC(Cn1cc(Br)cn1)NCCC(C)(C)C. The molecule has 1 aromatic heterocycles. The van der Waals surface area contributed by atoms with Crippen molar-refractivity contribution in [3.05, 3.63) is 16.9 Å². The predicted octanol–water partition coefficient (Wildman–Crippen LogP) is 3.06. The van der Waals surface area contributed by atoms with Crippen LogP contribution in [-0.2, 0) is 6.54 Å². The fraction of sp³-hybridized carbons (Fsp3) is 0.750. The molecule has 0 aliphatic carbocycles. The highest BCUT2D eigenvalue weighted by molar-refractivity contribution is 9.10. The summed E-state index contributed by atoms with van der Waals surface area (Å²) in [5.74, 6) is 0. The van der Waals surface area contributed by atoms with Crippen molar-refractivity contribution in [2.24, 2.45) is 5.41 Å². The number of aromatic nitrogens is 2. The Morgan fingerprint density at radius 3 is 2.69 bits per heavy atom. The molecule has 1 aromatic rings. The third kappa shape index (κ3) is 5.66. The third-order valence-corrected chi connectivity index (χ3v) is 2.84. The van der Waals surface area contributed by atoms with Crippen LogP contribution in [0.1, 0.15) is 34.1 Å². The van der Waals surface area contributed by atoms with Gasteiger partial charge >= 0.3 is 0 Å². The van der Waals surface area contributed by atoms with Gasteiger partial charge in [0, 0.05) is 12.2 Å². The monoisotopic (exact) mass is 287 g/mol. The first-order valence-corrected chi connectivity index (χ1v) is 6.57. The van der Waals surface area contributed by atoms with Crippen LogP contribution in [0, 0.1) is 5.41 Å². The van der Waals surface area contributed by atoms with E-state index in [1.165, 1.54) is 6.42 Å². The maximum absolute atomic E-state index is 4.24. The van der Waals surface area contributed by atoms with Crippen LogP contribution in [0.25, 0.3) is 0 Å². The van der Waals surface area contributed by atoms with Gasteiger partial charge in [0.1, 0.15) is 0 Å². The molecule has 16 heavy (non-hydrogen) atoms. The standard InChI is InChI=1S/C12H22BrN3/c1-10(14-6-5-12(2,3)4)8-16-9-11(13)7-15-16/h7,9-10,14H,5-6,8H2,1-4H3. The first kappa shape index (κ1) is 13.7. The molecule has 1 heterocycles. The molecule has 1 atom stereocenters. The van der Waals surface area contributed by atoms with Crippen LogP contribution in [0.3, 0.4) is 0 Å². The van der Waals surface area contributed by atoms with Gasteiger partial charge < -0.3 is 5.32 Å². The molecule has 0 aliphatic heterocycles. The second-order valence-electron chi connectivity index (χ2n) is 5.55. The highest BCUT2D eigenvalue weighted by Crippen LogP contribution is 2.17. The topological polar surface area (TPSA) is 29.9 Å². The smallest absolute Gasteiger partial charge is 0.0632 e. The summed E-state index contributed by atoms with van der Waals surface area (Å²) in [7, 11) is 0. The minimum Gasteiger partial charge on any atom is -0.312 e. The zero-order valence-electron chi connectivity index (χ0n) is 10.6. The van der Waals surface area contributed by atoms with Gasteiger partial charge in [-0.2, -0.15) is 5.10 Å². The van der Waals surface area contributed by atoms with Gasteiger partial charge in [0.15, 0.2) is 0 Å². The van der Waals surface area contributed by atoms with Gasteiger partial charge in [-0.25, -0.2) is 0 Å². The van der Waals surface area contributed by atoms with Crippen LogP contribution >= 0.6 is 15.9 Å². The van der Waals surface area contributed by atoms with Gasteiger partial charge in [0.05, 0.1) is 17.2 Å². The number of nitrogens with one attached hydrogen (secondary N) is 1. The molecular formula is C12H22BrN3. The van der Waals surface area contributed by atoms with Crippen molar-refractivity contribution in [1.29, 1.82) is 0 Å². The highest BCUT2D eigenvalue weighted by atomic mass is 79.9. The van der Waals surface area contributed by atoms with Crippen LogP contribution in [-0.4, -0.2) is 22.4 Å². The van der Waals surface area contributed by atoms with Crippen molar-refractivity contribution in [1.82, 2.24) is 15.1 Å². The average Bonchev–Trinajstić information content (AvgIpc) is 2.48. The summed E-state index contributed by atoms with van der Waals surface area (Å²) in [6.45, 7) is 11.0. The molecule has 0 aromatic carbocycles. The van der Waals surface area contributed by atoms with Crippen LogP contribution in [0.15, 0.2) is 16.9 Å². The van der Waals surface area contributed by atoms with E-state index < -0.39 is 0 Å². The number of hydrogen-bond donors (Lipinski definition) is 1. The van der Waals surface area contributed by atoms with Gasteiger partial charge in [-0.15, -0.1) is 0 Å². The molecule has 92 valence electrons. The van der Waals surface area contributed by atoms with Crippen molar-refractivity contribution < 1.29 is 0 Å². The summed E-state index contributed by atoms with van der Waals surface area (Å²) in [4.78, 5) is 0. The van der Waals surface area contributed by atoms with E-state index in [-0.39, 0.29) is 0 Å². The van der Waals surface area contributed by atoms with Gasteiger partial charge in [-0.3, -0.25) is 4.68 Å². The summed E-state index contributed by atoms with van der Waals surface area (Å²) in [5.41, 5.74) is 0.404. The van der Waals surface area contributed by atoms with E-state index >= 15 is 0 Å². The van der Waals surface area contributed by atoms with E-state index in [1.807, 2.05) is 17.1 Å². The van der Waals surface area contributed by atoms with Crippen LogP contribution in [0.4, 0.5) is 0 Å². The zero-order valence-corrected chi connectivity index (χ0v) is 12.2. The Kier molecular flexibility index (Phi) is 4.99. The number of halogens is 1. The van der Waals surface area contributed by atoms with Gasteiger partial charge in [-0.05, 0) is 41.2 Å². The molecule has 1 N–H and O–H groups in total. The third-order valence-electron chi connectivity index (χ3n) is 2.43. The first-order valence-electron chi connectivity index (χ1n) is 5.78. The lowest BCUT2D eigenvalue weighted by Gasteiger charge is -2.20. The summed E-state index contributed by atoms with van der Waals surface area (Å²) >= 11 is 3.40. The summed E-state index contributed by atoms with van der Waals surface area (Å²) in [5, 5.41) is 7.76. The number of nitrogens with zero attached hydrogens (tertiary/aromatic N) is 2. The molecule has 0 saturated heterocycles. The first-order chi connectivity index (χ1) is 7.37. The Balaban J connectivity index is 2.23. The largest absolute Gasteiger partial charge is 0.312 e. The van der Waals surface area contributed by atoms with E-state index in [0.717, 1.165) is 17.6 Å². The Labute approximate surface area is 107 Å². The Hall–Kier alpha value is -0.350. The van der Waals surface area contributed by atoms with E-state index in [4.69, 9.17) is 0 Å². The molecule has 4 heteroatoms. The van der Waals surface area contributed by atoms with Crippen LogP contribution in [0.2, 0.25) is 0 Å². The zero-order chi connectivity index (χ0) is 12.2. The summed E-state index contributed by atoms with van der Waals surface area (Å²) in [6.07, 6.45) is 5.02. The summed E-state index contributed by atoms with van der Waals surface area (Å²) < 4.78 is 2.99. The Morgan fingerprint density at radius 1 is 1.50 bits per heavy atom. The van der Waals surface area contributed by atoms with Crippen molar-refractivity contribution in [2.45, 2.75) is 46.7 Å². The molecule has 0 saturated carbocycles. The van der Waals surface area contributed by atoms with E-state index in [1.54, 1.807) is 0 Å². The number of rotatable bonds is 5. The lowest BCUT2D eigenvalue weighted by atomic mass is 9.92. The van der Waals surface area contributed by atoms with Crippen molar-refractivity contribution in [3.63, 3.8) is 0 Å². The van der Waals surface area contributed by atoms with E-state index in [0.29, 0.717) is 11.5 Å². The average molecular weight is 288 g/mol. The molecule has 1 unspecified atom stereocenters. The van der Waals surface area contributed by atoms with Gasteiger partial charge in [-0.1, -0.05) is 20.8 Å². The fourth-order valence-electron chi connectivity index (χ4n) is 1.48. The van der Waals surface area contributed by atoms with Gasteiger partial charge in [0.2, 0.25) is 0 Å². The second-order valence-corrected chi connectivity index (χ2v) is 6.46. The maximum Gasteiger partial charge on any atom is 0.0632 e. The molecule has 1 rings (SSSR count). The number of hydrogen-bond acceptors (Lipinski definition) is 2. The van der Waals surface area contributed by atoms with Crippen molar-refractivity contribution in [2.75, 3.05) is 6.54 Å². The van der Waals surface area contributed by atoms with E-state index in [9.17, 15) is 0 Å². The molecular weight excluding hydrogens is 266 g/mol. The Morgan fingerprint density at radius 2 is 2.19 bits per heavy atom. The Bertz CT molecular complexity index is 314. The van der Waals surface area contributed by atoms with Crippen LogP contribution < -0.4 is 5.32 Å². The fourth-order valence-corrected chi connectivity index (χ4v) is 1.80. The quantitative estimate of drug-likeness (QED) is 0.902. The highest BCUT2D eigenvalue weighted by Gasteiger charge is 2.10. The lowest BCUT2D eigenvalue weighted by molar-refractivity contribution is 0.346. The van der Waals surface area contributed by atoms with Crippen molar-refractivity contribution >= 4 is 15.9 Å². The minimum atomic E-state index is 0.404. The summed E-state index contributed by atoms with van der Waals surface area (Å²) in [6, 6.07) is 0.453. The molecule has 0 bridgehead atoms. The maximum atomic E-state index is 4.24. The minimum absolute atomic E-state index is 0.404. The lowest BCUT2D eigenvalue weighted by Crippen LogP contribution is -2.32. The van der Waals surface area contributed by atoms with Gasteiger partial charge in [0.25, 0.3) is 0 Å². The molecule has 0 amide bonds. The molecule has 3 nitrogen and oxygen atoms in total. The molecule has 0 fully saturated rings.